The Balaban J connectivity index is 3.01. The number of nitrogens with zero attached hydrogens (tertiary/aromatic N) is 1. The monoisotopic (exact) mass is 269 g/mol. The molecule has 1 rings (SSSR count). The van der Waals surface area contributed by atoms with Crippen LogP contribution in [0.3, 0.4) is 0 Å². The molecule has 18 heavy (non-hydrogen) atoms. The molecule has 0 fully saturated rings. The summed E-state index contributed by atoms with van der Waals surface area (Å²) in [4.78, 5) is 12.9. The van der Waals surface area contributed by atoms with Crippen LogP contribution in [0, 0.1) is 0 Å². The van der Waals surface area contributed by atoms with Crippen molar-refractivity contribution < 1.29 is 4.79 Å². The van der Waals surface area contributed by atoms with Crippen molar-refractivity contribution in [1.29, 1.82) is 0 Å². The number of carbonyl (C=O) groups is 1. The third kappa shape index (κ3) is 3.98. The highest BCUT2D eigenvalue weighted by Crippen LogP contribution is 2.25. The summed E-state index contributed by atoms with van der Waals surface area (Å²) in [5, 5.41) is 0.660. The number of hydrogen-bond acceptors (Lipinski definition) is 3. The summed E-state index contributed by atoms with van der Waals surface area (Å²) in [5.74, 6) is -0.368. The quantitative estimate of drug-likeness (QED) is 0.823. The van der Waals surface area contributed by atoms with Gasteiger partial charge in [-0.3, -0.25) is 9.69 Å². The van der Waals surface area contributed by atoms with E-state index in [4.69, 9.17) is 23.1 Å². The van der Waals surface area contributed by atoms with Crippen LogP contribution in [0.2, 0.25) is 5.02 Å². The Hall–Kier alpha value is -1.10. The molecule has 100 valence electrons. The van der Waals surface area contributed by atoms with E-state index in [9.17, 15) is 4.79 Å². The molecule has 5 heteroatoms. The van der Waals surface area contributed by atoms with Crippen LogP contribution < -0.4 is 11.5 Å². The van der Waals surface area contributed by atoms with Crippen molar-refractivity contribution in [1.82, 2.24) is 4.90 Å². The molecule has 0 spiro atoms. The first-order valence-electron chi connectivity index (χ1n) is 5.95. The Labute approximate surface area is 113 Å². The van der Waals surface area contributed by atoms with Crippen LogP contribution in [0.1, 0.15) is 24.9 Å². The molecule has 0 aliphatic rings. The van der Waals surface area contributed by atoms with E-state index in [-0.39, 0.29) is 24.5 Å². The van der Waals surface area contributed by atoms with Gasteiger partial charge < -0.3 is 11.5 Å². The molecule has 0 aromatic heterocycles. The maximum Gasteiger partial charge on any atom is 0.231 e. The van der Waals surface area contributed by atoms with Gasteiger partial charge in [0.25, 0.3) is 0 Å². The predicted octanol–water partition coefficient (Wildman–Crippen LogP) is 1.54. The molecule has 0 radical (unpaired) electrons. The van der Waals surface area contributed by atoms with Gasteiger partial charge in [0.05, 0.1) is 12.6 Å². The van der Waals surface area contributed by atoms with Gasteiger partial charge >= 0.3 is 0 Å². The first kappa shape index (κ1) is 15.0. The number of amides is 1. The molecule has 0 bridgehead atoms. The summed E-state index contributed by atoms with van der Waals surface area (Å²) in [6, 6.07) is 7.38. The Morgan fingerprint density at radius 1 is 1.50 bits per heavy atom. The molecular formula is C13H20ClN3O. The number of carbonyl (C=O) groups excluding carboxylic acids is 1. The lowest BCUT2D eigenvalue weighted by Crippen LogP contribution is -2.42. The van der Waals surface area contributed by atoms with E-state index in [1.165, 1.54) is 0 Å². The zero-order valence-corrected chi connectivity index (χ0v) is 11.5. The molecule has 1 aromatic rings. The average Bonchev–Trinajstić information content (AvgIpc) is 2.28. The van der Waals surface area contributed by atoms with Crippen molar-refractivity contribution >= 4 is 17.5 Å². The molecule has 0 aliphatic carbocycles. The number of benzene rings is 1. The van der Waals surface area contributed by atoms with E-state index in [0.29, 0.717) is 5.02 Å². The lowest BCUT2D eigenvalue weighted by atomic mass is 9.96. The van der Waals surface area contributed by atoms with Crippen molar-refractivity contribution in [3.63, 3.8) is 0 Å². The third-order valence-electron chi connectivity index (χ3n) is 2.95. The van der Waals surface area contributed by atoms with Gasteiger partial charge in [0.2, 0.25) is 5.91 Å². The second-order valence-corrected chi connectivity index (χ2v) is 4.89. The molecule has 0 heterocycles. The average molecular weight is 270 g/mol. The minimum atomic E-state index is -0.368. The molecule has 0 aliphatic heterocycles. The number of primary amides is 1. The van der Waals surface area contributed by atoms with Crippen molar-refractivity contribution in [3.8, 4) is 0 Å². The standard InChI is InChI=1S/C13H20ClN3O/c1-3-11(15)13(17(2)8-12(16)18)9-5-4-6-10(14)7-9/h4-7,11,13H,3,8,15H2,1-2H3,(H2,16,18). The number of rotatable bonds is 6. The first-order valence-corrected chi connectivity index (χ1v) is 6.33. The van der Waals surface area contributed by atoms with Gasteiger partial charge in [0.15, 0.2) is 0 Å². The summed E-state index contributed by atoms with van der Waals surface area (Å²) in [6.07, 6.45) is 0.806. The van der Waals surface area contributed by atoms with E-state index < -0.39 is 0 Å². The van der Waals surface area contributed by atoms with Crippen molar-refractivity contribution in [2.45, 2.75) is 25.4 Å². The van der Waals surface area contributed by atoms with Crippen LogP contribution in [0.15, 0.2) is 24.3 Å². The maximum absolute atomic E-state index is 11.0. The fourth-order valence-corrected chi connectivity index (χ4v) is 2.29. The van der Waals surface area contributed by atoms with Gasteiger partial charge in [0.1, 0.15) is 0 Å². The molecule has 2 atom stereocenters. The van der Waals surface area contributed by atoms with E-state index >= 15 is 0 Å². The molecule has 1 aromatic carbocycles. The topological polar surface area (TPSA) is 72.3 Å². The Morgan fingerprint density at radius 3 is 2.67 bits per heavy atom. The number of nitrogens with two attached hydrogens (primary N) is 2. The van der Waals surface area contributed by atoms with Crippen LogP contribution in [0.5, 0.6) is 0 Å². The van der Waals surface area contributed by atoms with E-state index in [1.807, 2.05) is 43.1 Å². The summed E-state index contributed by atoms with van der Waals surface area (Å²) < 4.78 is 0. The predicted molar refractivity (Wildman–Crippen MR) is 74.3 cm³/mol. The Kier molecular flexibility index (Phi) is 5.59. The van der Waals surface area contributed by atoms with Gasteiger partial charge in [0, 0.05) is 11.1 Å². The van der Waals surface area contributed by atoms with Crippen LogP contribution in [0.25, 0.3) is 0 Å². The molecular weight excluding hydrogens is 250 g/mol. The highest BCUT2D eigenvalue weighted by Gasteiger charge is 2.24. The number of halogens is 1. The molecule has 0 saturated carbocycles. The summed E-state index contributed by atoms with van der Waals surface area (Å²) in [6.45, 7) is 2.19. The Bertz CT molecular complexity index is 411. The van der Waals surface area contributed by atoms with Crippen molar-refractivity contribution in [2.24, 2.45) is 11.5 Å². The Morgan fingerprint density at radius 2 is 2.17 bits per heavy atom. The largest absolute Gasteiger partial charge is 0.369 e. The molecule has 1 amide bonds. The highest BCUT2D eigenvalue weighted by atomic mass is 35.5. The van der Waals surface area contributed by atoms with Gasteiger partial charge in [-0.25, -0.2) is 0 Å². The fraction of sp³-hybridized carbons (Fsp3) is 0.462. The maximum atomic E-state index is 11.0. The van der Waals surface area contributed by atoms with E-state index in [0.717, 1.165) is 12.0 Å². The molecule has 0 saturated heterocycles. The molecule has 2 unspecified atom stereocenters. The SMILES string of the molecule is CCC(N)C(c1cccc(Cl)c1)N(C)CC(N)=O. The van der Waals surface area contributed by atoms with Crippen LogP contribution in [-0.4, -0.2) is 30.4 Å². The zero-order valence-electron chi connectivity index (χ0n) is 10.8. The number of hydrogen-bond donors (Lipinski definition) is 2. The second-order valence-electron chi connectivity index (χ2n) is 4.45. The summed E-state index contributed by atoms with van der Waals surface area (Å²) >= 11 is 6.00. The lowest BCUT2D eigenvalue weighted by molar-refractivity contribution is -0.119. The molecule has 4 N–H and O–H groups in total. The van der Waals surface area contributed by atoms with Crippen LogP contribution >= 0.6 is 11.6 Å². The minimum Gasteiger partial charge on any atom is -0.369 e. The first-order chi connectivity index (χ1) is 8.45. The minimum absolute atomic E-state index is 0.0683. The summed E-state index contributed by atoms with van der Waals surface area (Å²) in [7, 11) is 1.84. The fourth-order valence-electron chi connectivity index (χ4n) is 2.09. The van der Waals surface area contributed by atoms with Gasteiger partial charge in [-0.1, -0.05) is 30.7 Å². The highest BCUT2D eigenvalue weighted by molar-refractivity contribution is 6.30. The van der Waals surface area contributed by atoms with E-state index in [2.05, 4.69) is 0 Å². The van der Waals surface area contributed by atoms with Crippen LogP contribution in [0.4, 0.5) is 0 Å². The van der Waals surface area contributed by atoms with Gasteiger partial charge in [-0.15, -0.1) is 0 Å². The van der Waals surface area contributed by atoms with Gasteiger partial charge in [-0.05, 0) is 31.2 Å². The molecule has 4 nitrogen and oxygen atoms in total. The zero-order chi connectivity index (χ0) is 13.7. The van der Waals surface area contributed by atoms with E-state index in [1.54, 1.807) is 0 Å². The van der Waals surface area contributed by atoms with Crippen molar-refractivity contribution in [2.75, 3.05) is 13.6 Å². The van der Waals surface area contributed by atoms with Gasteiger partial charge in [-0.2, -0.15) is 0 Å². The number of likely N-dealkylation sites (N-methyl/N-ethyl adjacent to an activating group) is 1. The summed E-state index contributed by atoms with van der Waals surface area (Å²) in [5.41, 5.74) is 12.4. The lowest BCUT2D eigenvalue weighted by Gasteiger charge is -2.32. The second kappa shape index (κ2) is 6.73. The normalized spacial score (nSPS) is 14.5. The smallest absolute Gasteiger partial charge is 0.231 e. The van der Waals surface area contributed by atoms with Crippen LogP contribution in [-0.2, 0) is 4.79 Å². The van der Waals surface area contributed by atoms with Crippen molar-refractivity contribution in [3.05, 3.63) is 34.9 Å². The third-order valence-corrected chi connectivity index (χ3v) is 3.18.